The predicted molar refractivity (Wildman–Crippen MR) is 196 cm³/mol. The van der Waals surface area contributed by atoms with E-state index in [0.29, 0.717) is 0 Å². The molecule has 0 N–H and O–H groups in total. The molecule has 2 heteroatoms. The molecule has 0 saturated carbocycles. The molecule has 46 heavy (non-hydrogen) atoms. The topological polar surface area (TPSA) is 8.17 Å². The smallest absolute Gasteiger partial charge is 0.0547 e. The maximum absolute atomic E-state index is 2.41. The van der Waals surface area contributed by atoms with Crippen LogP contribution in [0, 0.1) is 0 Å². The average Bonchev–Trinajstić information content (AvgIpc) is 3.47. The van der Waals surface area contributed by atoms with Gasteiger partial charge in [-0.25, -0.2) is 0 Å². The zero-order valence-electron chi connectivity index (χ0n) is 25.2. The number of anilines is 3. The molecule has 0 spiro atoms. The third-order valence-electron chi connectivity index (χ3n) is 9.13. The van der Waals surface area contributed by atoms with Gasteiger partial charge in [-0.3, -0.25) is 0 Å². The van der Waals surface area contributed by atoms with E-state index in [0.717, 1.165) is 22.7 Å². The van der Waals surface area contributed by atoms with E-state index in [-0.39, 0.29) is 0 Å². The van der Waals surface area contributed by atoms with Crippen molar-refractivity contribution < 1.29 is 0 Å². The fourth-order valence-electron chi connectivity index (χ4n) is 7.15. The second-order valence-electron chi connectivity index (χ2n) is 11.8. The highest BCUT2D eigenvalue weighted by Gasteiger charge is 2.19. The summed E-state index contributed by atoms with van der Waals surface area (Å²) in [6.45, 7) is 0. The van der Waals surface area contributed by atoms with Crippen LogP contribution in [0.4, 0.5) is 17.1 Å². The lowest BCUT2D eigenvalue weighted by molar-refractivity contribution is 1.18. The van der Waals surface area contributed by atoms with Crippen molar-refractivity contribution in [2.45, 2.75) is 0 Å². The highest BCUT2D eigenvalue weighted by molar-refractivity contribution is 6.17. The molecule has 0 fully saturated rings. The number of nitrogens with zero attached hydrogens (tertiary/aromatic N) is 2. The van der Waals surface area contributed by atoms with Crippen molar-refractivity contribution in [2.75, 3.05) is 4.90 Å². The van der Waals surface area contributed by atoms with Gasteiger partial charge < -0.3 is 9.47 Å². The summed E-state index contributed by atoms with van der Waals surface area (Å²) in [6.07, 6.45) is 0. The van der Waals surface area contributed by atoms with Gasteiger partial charge in [0.2, 0.25) is 0 Å². The van der Waals surface area contributed by atoms with Gasteiger partial charge in [0.25, 0.3) is 0 Å². The van der Waals surface area contributed by atoms with Crippen LogP contribution in [0.5, 0.6) is 0 Å². The Hall–Kier alpha value is -6.12. The molecule has 9 aromatic rings. The van der Waals surface area contributed by atoms with Crippen molar-refractivity contribution in [3.05, 3.63) is 182 Å². The minimum Gasteiger partial charge on any atom is -0.310 e. The number of para-hydroxylation sites is 3. The molecule has 0 radical (unpaired) electrons. The Morgan fingerprint density at radius 3 is 1.83 bits per heavy atom. The largest absolute Gasteiger partial charge is 0.310 e. The third kappa shape index (κ3) is 4.19. The first-order chi connectivity index (χ1) is 22.8. The van der Waals surface area contributed by atoms with Crippen LogP contribution >= 0.6 is 0 Å². The maximum Gasteiger partial charge on any atom is 0.0547 e. The van der Waals surface area contributed by atoms with E-state index in [4.69, 9.17) is 0 Å². The molecular formula is C44H30N2. The second kappa shape index (κ2) is 10.8. The van der Waals surface area contributed by atoms with Crippen LogP contribution in [0.25, 0.3) is 60.2 Å². The molecule has 1 heterocycles. The lowest BCUT2D eigenvalue weighted by Crippen LogP contribution is -2.10. The first kappa shape index (κ1) is 26.3. The van der Waals surface area contributed by atoms with Crippen molar-refractivity contribution in [1.29, 1.82) is 0 Å². The normalized spacial score (nSPS) is 11.5. The van der Waals surface area contributed by atoms with Crippen molar-refractivity contribution in [3.8, 4) is 16.8 Å². The quantitative estimate of drug-likeness (QED) is 0.182. The number of hydrogen-bond donors (Lipinski definition) is 0. The molecular weight excluding hydrogens is 556 g/mol. The van der Waals surface area contributed by atoms with E-state index < -0.39 is 0 Å². The van der Waals surface area contributed by atoms with Crippen LogP contribution < -0.4 is 4.90 Å². The van der Waals surface area contributed by atoms with E-state index in [1.807, 2.05) is 0 Å². The minimum atomic E-state index is 1.12. The first-order valence-electron chi connectivity index (χ1n) is 15.8. The number of benzene rings is 8. The van der Waals surface area contributed by atoms with Crippen LogP contribution in [0.3, 0.4) is 0 Å². The molecule has 1 aromatic heterocycles. The summed E-state index contributed by atoms with van der Waals surface area (Å²) in [5, 5.41) is 7.50. The van der Waals surface area contributed by atoms with E-state index >= 15 is 0 Å². The molecule has 216 valence electrons. The van der Waals surface area contributed by atoms with E-state index in [2.05, 4.69) is 191 Å². The Morgan fingerprint density at radius 1 is 0.391 bits per heavy atom. The van der Waals surface area contributed by atoms with Gasteiger partial charge in [-0.1, -0.05) is 127 Å². The number of hydrogen-bond acceptors (Lipinski definition) is 1. The average molecular weight is 587 g/mol. The summed E-state index contributed by atoms with van der Waals surface area (Å²) in [5.41, 5.74) is 9.39. The third-order valence-corrected chi connectivity index (χ3v) is 9.13. The highest BCUT2D eigenvalue weighted by atomic mass is 15.1. The fraction of sp³-hybridized carbons (Fsp3) is 0. The molecule has 0 aliphatic rings. The number of aromatic nitrogens is 1. The van der Waals surface area contributed by atoms with Crippen molar-refractivity contribution in [1.82, 2.24) is 4.57 Å². The minimum absolute atomic E-state index is 1.12. The fourth-order valence-corrected chi connectivity index (χ4v) is 7.15. The van der Waals surface area contributed by atoms with Crippen LogP contribution in [0.2, 0.25) is 0 Å². The van der Waals surface area contributed by atoms with E-state index in [1.54, 1.807) is 0 Å². The van der Waals surface area contributed by atoms with E-state index in [9.17, 15) is 0 Å². The molecule has 0 aliphatic carbocycles. The summed E-state index contributed by atoms with van der Waals surface area (Å²) >= 11 is 0. The molecule has 0 aliphatic heterocycles. The molecule has 0 bridgehead atoms. The van der Waals surface area contributed by atoms with Gasteiger partial charge in [0.1, 0.15) is 0 Å². The summed E-state index contributed by atoms with van der Waals surface area (Å²) in [6, 6.07) is 65.7. The van der Waals surface area contributed by atoms with Gasteiger partial charge in [0, 0.05) is 33.2 Å². The summed E-state index contributed by atoms with van der Waals surface area (Å²) < 4.78 is 2.38. The predicted octanol–water partition coefficient (Wildman–Crippen LogP) is 12.2. The molecule has 9 rings (SSSR count). The Labute approximate surface area is 268 Å². The zero-order chi connectivity index (χ0) is 30.5. The monoisotopic (exact) mass is 586 g/mol. The van der Waals surface area contributed by atoms with Crippen LogP contribution in [0.15, 0.2) is 182 Å². The standard InChI is InChI=1S/C44H30N2/c1-3-17-33(18-4-1)45(43-30-32-15-7-8-22-36(32)38-23-9-10-24-39(38)43)35-21-13-16-31(29-35)37-26-14-28-42-44(37)40-25-11-12-27-41(40)46(42)34-19-5-2-6-20-34/h1-30H. The van der Waals surface area contributed by atoms with Crippen LogP contribution in [-0.2, 0) is 0 Å². The molecule has 0 atom stereocenters. The SMILES string of the molecule is c1ccc(N(c2cccc(-c3cccc4c3c3ccccc3n4-c3ccccc3)c2)c2cc3ccccc3c3ccccc23)cc1. The van der Waals surface area contributed by atoms with Crippen molar-refractivity contribution >= 4 is 60.4 Å². The lowest BCUT2D eigenvalue weighted by Gasteiger charge is -2.28. The Morgan fingerprint density at radius 2 is 1.00 bits per heavy atom. The summed E-state index contributed by atoms with van der Waals surface area (Å²) in [4.78, 5) is 2.41. The van der Waals surface area contributed by atoms with Crippen molar-refractivity contribution in [3.63, 3.8) is 0 Å². The molecule has 0 saturated heterocycles. The zero-order valence-corrected chi connectivity index (χ0v) is 25.2. The summed E-state index contributed by atoms with van der Waals surface area (Å²) in [5.74, 6) is 0. The second-order valence-corrected chi connectivity index (χ2v) is 11.8. The Kier molecular flexibility index (Phi) is 6.17. The van der Waals surface area contributed by atoms with Gasteiger partial charge in [-0.15, -0.1) is 0 Å². The number of rotatable bonds is 5. The van der Waals surface area contributed by atoms with Crippen LogP contribution in [0.1, 0.15) is 0 Å². The lowest BCUT2D eigenvalue weighted by atomic mass is 9.97. The Bertz CT molecular complexity index is 2530. The molecule has 0 unspecified atom stereocenters. The number of fused-ring (bicyclic) bond motifs is 6. The van der Waals surface area contributed by atoms with Gasteiger partial charge in [-0.2, -0.15) is 0 Å². The maximum atomic E-state index is 2.41. The van der Waals surface area contributed by atoms with Crippen molar-refractivity contribution in [2.24, 2.45) is 0 Å². The molecule has 2 nitrogen and oxygen atoms in total. The van der Waals surface area contributed by atoms with Gasteiger partial charge in [0.05, 0.1) is 16.7 Å². The molecule has 8 aromatic carbocycles. The van der Waals surface area contributed by atoms with Crippen LogP contribution in [-0.4, -0.2) is 4.57 Å². The Balaban J connectivity index is 1.30. The van der Waals surface area contributed by atoms with E-state index in [1.165, 1.54) is 54.5 Å². The van der Waals surface area contributed by atoms with Gasteiger partial charge >= 0.3 is 0 Å². The first-order valence-corrected chi connectivity index (χ1v) is 15.8. The van der Waals surface area contributed by atoms with Gasteiger partial charge in [0.15, 0.2) is 0 Å². The summed E-state index contributed by atoms with van der Waals surface area (Å²) in [7, 11) is 0. The van der Waals surface area contributed by atoms with Gasteiger partial charge in [-0.05, 0) is 81.9 Å². The molecule has 0 amide bonds. The highest BCUT2D eigenvalue weighted by Crippen LogP contribution is 2.44.